The largest absolute Gasteiger partial charge is 0.394 e. The van der Waals surface area contributed by atoms with Crippen LogP contribution in [0.1, 0.15) is 26.2 Å². The third-order valence-electron chi connectivity index (χ3n) is 1.44. The maximum Gasteiger partial charge on any atom is 0.128 e. The van der Waals surface area contributed by atoms with Gasteiger partial charge in [0.1, 0.15) is 12.3 Å². The second-order valence-electron chi connectivity index (χ2n) is 2.41. The summed E-state index contributed by atoms with van der Waals surface area (Å²) in [5.74, 6) is 0. The summed E-state index contributed by atoms with van der Waals surface area (Å²) in [5.41, 5.74) is 0. The Morgan fingerprint density at radius 3 is 2.50 bits per heavy atom. The minimum absolute atomic E-state index is 0.345. The first-order chi connectivity index (χ1) is 4.72. The van der Waals surface area contributed by atoms with Crippen LogP contribution in [-0.4, -0.2) is 29.1 Å². The molecule has 0 spiro atoms. The van der Waals surface area contributed by atoms with Gasteiger partial charge >= 0.3 is 0 Å². The predicted octanol–water partition coefficient (Wildman–Crippen LogP) is 0.868. The van der Waals surface area contributed by atoms with Crippen molar-refractivity contribution in [2.75, 3.05) is 6.61 Å². The third-order valence-corrected chi connectivity index (χ3v) is 1.44. The van der Waals surface area contributed by atoms with E-state index in [9.17, 15) is 4.39 Å². The van der Waals surface area contributed by atoms with Crippen LogP contribution >= 0.6 is 0 Å². The molecule has 0 aliphatic heterocycles. The van der Waals surface area contributed by atoms with Crippen LogP contribution in [0, 0.1) is 0 Å². The molecule has 0 aromatic carbocycles. The Balaban J connectivity index is 3.31. The normalized spacial score (nSPS) is 16.8. The molecule has 0 aliphatic carbocycles. The summed E-state index contributed by atoms with van der Waals surface area (Å²) in [5, 5.41) is 17.0. The molecule has 62 valence electrons. The van der Waals surface area contributed by atoms with Crippen LogP contribution in [0.5, 0.6) is 0 Å². The van der Waals surface area contributed by atoms with Gasteiger partial charge in [0.25, 0.3) is 0 Å². The molecule has 3 heteroatoms. The van der Waals surface area contributed by atoms with Crippen molar-refractivity contribution in [2.45, 2.75) is 38.5 Å². The van der Waals surface area contributed by atoms with Gasteiger partial charge in [-0.05, 0) is 6.42 Å². The molecule has 0 aromatic heterocycles. The number of rotatable bonds is 5. The van der Waals surface area contributed by atoms with Crippen LogP contribution in [0.25, 0.3) is 0 Å². The molecular formula is C7H15FO2. The fourth-order valence-electron chi connectivity index (χ4n) is 0.706. The van der Waals surface area contributed by atoms with E-state index in [1.165, 1.54) is 0 Å². The van der Waals surface area contributed by atoms with Crippen LogP contribution in [0.4, 0.5) is 4.39 Å². The molecule has 0 saturated heterocycles. The standard InChI is InChI=1S/C7H15FO2/c1-2-3-4-6(8)7(10)5-9/h6-7,9-10H,2-5H2,1H3/t6?,7-/m1/s1. The van der Waals surface area contributed by atoms with E-state index >= 15 is 0 Å². The summed E-state index contributed by atoms with van der Waals surface area (Å²) >= 11 is 0. The first kappa shape index (κ1) is 9.85. The summed E-state index contributed by atoms with van der Waals surface area (Å²) in [6.07, 6.45) is -0.425. The Morgan fingerprint density at radius 1 is 1.50 bits per heavy atom. The van der Waals surface area contributed by atoms with Gasteiger partial charge < -0.3 is 10.2 Å². The average Bonchev–Trinajstić information content (AvgIpc) is 1.98. The summed E-state index contributed by atoms with van der Waals surface area (Å²) < 4.78 is 12.6. The van der Waals surface area contributed by atoms with Crippen LogP contribution in [0.3, 0.4) is 0 Å². The highest BCUT2D eigenvalue weighted by Gasteiger charge is 2.15. The van der Waals surface area contributed by atoms with Crippen LogP contribution in [0.15, 0.2) is 0 Å². The lowest BCUT2D eigenvalue weighted by Gasteiger charge is -2.11. The number of hydrogen-bond donors (Lipinski definition) is 2. The highest BCUT2D eigenvalue weighted by molar-refractivity contribution is 4.65. The zero-order chi connectivity index (χ0) is 7.98. The van der Waals surface area contributed by atoms with Gasteiger partial charge in [-0.25, -0.2) is 4.39 Å². The van der Waals surface area contributed by atoms with Gasteiger partial charge in [0.05, 0.1) is 6.61 Å². The molecule has 0 bridgehead atoms. The minimum Gasteiger partial charge on any atom is -0.394 e. The predicted molar refractivity (Wildman–Crippen MR) is 37.5 cm³/mol. The summed E-state index contributed by atoms with van der Waals surface area (Å²) in [6.45, 7) is 1.48. The lowest BCUT2D eigenvalue weighted by atomic mass is 10.1. The quantitative estimate of drug-likeness (QED) is 0.610. The average molecular weight is 150 g/mol. The van der Waals surface area contributed by atoms with Gasteiger partial charge in [0.2, 0.25) is 0 Å². The number of hydrogen-bond acceptors (Lipinski definition) is 2. The number of unbranched alkanes of at least 4 members (excludes halogenated alkanes) is 1. The van der Waals surface area contributed by atoms with E-state index < -0.39 is 18.9 Å². The molecule has 0 fully saturated rings. The molecule has 10 heavy (non-hydrogen) atoms. The fraction of sp³-hybridized carbons (Fsp3) is 1.00. The van der Waals surface area contributed by atoms with Crippen molar-refractivity contribution in [3.8, 4) is 0 Å². The van der Waals surface area contributed by atoms with Crippen LogP contribution < -0.4 is 0 Å². The zero-order valence-electron chi connectivity index (χ0n) is 6.26. The summed E-state index contributed by atoms with van der Waals surface area (Å²) in [4.78, 5) is 0. The summed E-state index contributed by atoms with van der Waals surface area (Å²) in [6, 6.07) is 0. The Hall–Kier alpha value is -0.150. The van der Waals surface area contributed by atoms with E-state index in [4.69, 9.17) is 10.2 Å². The SMILES string of the molecule is CCCCC(F)[C@H](O)CO. The van der Waals surface area contributed by atoms with Crippen molar-refractivity contribution >= 4 is 0 Å². The molecule has 0 aromatic rings. The highest BCUT2D eigenvalue weighted by atomic mass is 19.1. The minimum atomic E-state index is -1.26. The topological polar surface area (TPSA) is 40.5 Å². The molecule has 0 saturated carbocycles. The lowest BCUT2D eigenvalue weighted by molar-refractivity contribution is 0.0244. The molecule has 0 amide bonds. The van der Waals surface area contributed by atoms with E-state index in [0.29, 0.717) is 6.42 Å². The maximum absolute atomic E-state index is 12.6. The van der Waals surface area contributed by atoms with Gasteiger partial charge in [0, 0.05) is 0 Å². The second kappa shape index (κ2) is 5.62. The third kappa shape index (κ3) is 3.80. The van der Waals surface area contributed by atoms with E-state index in [2.05, 4.69) is 0 Å². The molecular weight excluding hydrogens is 135 g/mol. The van der Waals surface area contributed by atoms with E-state index in [1.54, 1.807) is 0 Å². The Labute approximate surface area is 60.7 Å². The molecule has 0 heterocycles. The molecule has 2 N–H and O–H groups in total. The highest BCUT2D eigenvalue weighted by Crippen LogP contribution is 2.08. The van der Waals surface area contributed by atoms with Crippen molar-refractivity contribution in [1.82, 2.24) is 0 Å². The van der Waals surface area contributed by atoms with Crippen LogP contribution in [-0.2, 0) is 0 Å². The molecule has 2 nitrogen and oxygen atoms in total. The second-order valence-corrected chi connectivity index (χ2v) is 2.41. The van der Waals surface area contributed by atoms with Crippen molar-refractivity contribution in [3.63, 3.8) is 0 Å². The monoisotopic (exact) mass is 150 g/mol. The Morgan fingerprint density at radius 2 is 2.10 bits per heavy atom. The lowest BCUT2D eigenvalue weighted by Crippen LogP contribution is -2.25. The maximum atomic E-state index is 12.6. The van der Waals surface area contributed by atoms with Crippen molar-refractivity contribution in [1.29, 1.82) is 0 Å². The van der Waals surface area contributed by atoms with Gasteiger partial charge in [-0.15, -0.1) is 0 Å². The zero-order valence-corrected chi connectivity index (χ0v) is 6.26. The number of halogens is 1. The van der Waals surface area contributed by atoms with Gasteiger partial charge in [-0.2, -0.15) is 0 Å². The van der Waals surface area contributed by atoms with Crippen molar-refractivity contribution < 1.29 is 14.6 Å². The van der Waals surface area contributed by atoms with Crippen molar-refractivity contribution in [3.05, 3.63) is 0 Å². The van der Waals surface area contributed by atoms with Gasteiger partial charge in [-0.1, -0.05) is 19.8 Å². The van der Waals surface area contributed by atoms with Gasteiger partial charge in [-0.3, -0.25) is 0 Å². The molecule has 0 rings (SSSR count). The molecule has 2 atom stereocenters. The van der Waals surface area contributed by atoms with Gasteiger partial charge in [0.15, 0.2) is 0 Å². The Kier molecular flexibility index (Phi) is 5.54. The van der Waals surface area contributed by atoms with E-state index in [0.717, 1.165) is 12.8 Å². The molecule has 0 radical (unpaired) electrons. The first-order valence-electron chi connectivity index (χ1n) is 3.65. The van der Waals surface area contributed by atoms with Crippen molar-refractivity contribution in [2.24, 2.45) is 0 Å². The molecule has 1 unspecified atom stereocenters. The van der Waals surface area contributed by atoms with Crippen LogP contribution in [0.2, 0.25) is 0 Å². The summed E-state index contributed by atoms with van der Waals surface area (Å²) in [7, 11) is 0. The number of aliphatic hydroxyl groups is 2. The molecule has 0 aliphatic rings. The fourth-order valence-corrected chi connectivity index (χ4v) is 0.706. The first-order valence-corrected chi connectivity index (χ1v) is 3.65. The Bertz CT molecular complexity index is 78.0. The van der Waals surface area contributed by atoms with E-state index in [-0.39, 0.29) is 0 Å². The smallest absolute Gasteiger partial charge is 0.128 e. The van der Waals surface area contributed by atoms with E-state index in [1.807, 2.05) is 6.92 Å². The number of aliphatic hydroxyl groups excluding tert-OH is 2. The number of alkyl halides is 1.